The van der Waals surface area contributed by atoms with E-state index in [1.165, 1.54) is 47.4 Å². The molecule has 26 heavy (non-hydrogen) atoms. The van der Waals surface area contributed by atoms with Gasteiger partial charge in [-0.2, -0.15) is 0 Å². The fourth-order valence-corrected chi connectivity index (χ4v) is 4.27. The summed E-state index contributed by atoms with van der Waals surface area (Å²) in [5, 5.41) is 0.804. The number of fused-ring (bicyclic) bond motifs is 1. The lowest BCUT2D eigenvalue weighted by molar-refractivity contribution is -0.146. The highest BCUT2D eigenvalue weighted by molar-refractivity contribution is 8.00. The van der Waals surface area contributed by atoms with Crippen LogP contribution in [0.5, 0.6) is 0 Å². The SMILES string of the molecule is O=C(CSc1ccc(F)cc1)OC1CN(c2nc3ccc(F)cc3s2)C1. The number of anilines is 1. The molecule has 1 saturated heterocycles. The second-order valence-corrected chi connectivity index (χ2v) is 7.93. The van der Waals surface area contributed by atoms with Crippen molar-refractivity contribution >= 4 is 44.4 Å². The van der Waals surface area contributed by atoms with Gasteiger partial charge in [0.05, 0.1) is 29.1 Å². The van der Waals surface area contributed by atoms with Crippen LogP contribution in [0.4, 0.5) is 13.9 Å². The number of hydrogen-bond acceptors (Lipinski definition) is 6. The molecule has 0 spiro atoms. The molecule has 0 saturated carbocycles. The molecule has 8 heteroatoms. The predicted molar refractivity (Wildman–Crippen MR) is 98.8 cm³/mol. The van der Waals surface area contributed by atoms with Gasteiger partial charge in [0.1, 0.15) is 17.7 Å². The van der Waals surface area contributed by atoms with E-state index in [2.05, 4.69) is 4.98 Å². The van der Waals surface area contributed by atoms with E-state index in [9.17, 15) is 13.6 Å². The van der Waals surface area contributed by atoms with Crippen LogP contribution in [0.3, 0.4) is 0 Å². The van der Waals surface area contributed by atoms with Crippen LogP contribution in [0, 0.1) is 11.6 Å². The fraction of sp³-hybridized carbons (Fsp3) is 0.222. The summed E-state index contributed by atoms with van der Waals surface area (Å²) < 4.78 is 32.3. The first-order valence-electron chi connectivity index (χ1n) is 7.96. The van der Waals surface area contributed by atoms with E-state index in [1.54, 1.807) is 18.2 Å². The molecule has 0 atom stereocenters. The summed E-state index contributed by atoms with van der Waals surface area (Å²) in [7, 11) is 0. The van der Waals surface area contributed by atoms with Crippen LogP contribution >= 0.6 is 23.1 Å². The normalized spacial score (nSPS) is 14.5. The fourth-order valence-electron chi connectivity index (χ4n) is 2.58. The highest BCUT2D eigenvalue weighted by atomic mass is 32.2. The Kier molecular flexibility index (Phi) is 4.78. The molecule has 0 N–H and O–H groups in total. The summed E-state index contributed by atoms with van der Waals surface area (Å²) >= 11 is 2.74. The number of aromatic nitrogens is 1. The molecule has 3 aromatic rings. The lowest BCUT2D eigenvalue weighted by Gasteiger charge is -2.38. The minimum absolute atomic E-state index is 0.167. The minimum atomic E-state index is -0.302. The van der Waals surface area contributed by atoms with Crippen molar-refractivity contribution in [2.24, 2.45) is 0 Å². The van der Waals surface area contributed by atoms with Gasteiger partial charge >= 0.3 is 5.97 Å². The summed E-state index contributed by atoms with van der Waals surface area (Å²) in [5.41, 5.74) is 0.766. The molecule has 2 heterocycles. The van der Waals surface area contributed by atoms with E-state index in [1.807, 2.05) is 4.90 Å². The molecule has 134 valence electrons. The van der Waals surface area contributed by atoms with E-state index in [0.29, 0.717) is 13.1 Å². The number of nitrogens with zero attached hydrogens (tertiary/aromatic N) is 2. The van der Waals surface area contributed by atoms with Gasteiger partial charge in [0, 0.05) is 4.90 Å². The Morgan fingerprint density at radius 1 is 1.19 bits per heavy atom. The lowest BCUT2D eigenvalue weighted by Crippen LogP contribution is -2.53. The second-order valence-electron chi connectivity index (χ2n) is 5.87. The maximum Gasteiger partial charge on any atom is 0.316 e. The Labute approximate surface area is 156 Å². The van der Waals surface area contributed by atoms with E-state index in [-0.39, 0.29) is 29.5 Å². The van der Waals surface area contributed by atoms with Crippen LogP contribution in [0.15, 0.2) is 47.4 Å². The van der Waals surface area contributed by atoms with E-state index in [4.69, 9.17) is 4.74 Å². The van der Waals surface area contributed by atoms with Crippen LogP contribution in [0.1, 0.15) is 0 Å². The van der Waals surface area contributed by atoms with Crippen LogP contribution < -0.4 is 4.90 Å². The maximum absolute atomic E-state index is 13.3. The van der Waals surface area contributed by atoms with Gasteiger partial charge in [-0.25, -0.2) is 13.8 Å². The number of esters is 1. The van der Waals surface area contributed by atoms with Gasteiger partial charge in [0.2, 0.25) is 0 Å². The Morgan fingerprint density at radius 3 is 2.69 bits per heavy atom. The molecule has 0 unspecified atom stereocenters. The molecule has 1 aliphatic rings. The first-order valence-corrected chi connectivity index (χ1v) is 9.76. The average molecular weight is 392 g/mol. The van der Waals surface area contributed by atoms with Crippen LogP contribution in [-0.4, -0.2) is 35.9 Å². The number of benzene rings is 2. The van der Waals surface area contributed by atoms with Crippen molar-refractivity contribution in [3.8, 4) is 0 Å². The third-order valence-corrected chi connectivity index (χ3v) is 5.99. The number of hydrogen-bond donors (Lipinski definition) is 0. The smallest absolute Gasteiger partial charge is 0.316 e. The molecule has 0 amide bonds. The molecule has 4 nitrogen and oxygen atoms in total. The number of halogens is 2. The lowest BCUT2D eigenvalue weighted by atomic mass is 10.2. The molecule has 1 aliphatic heterocycles. The van der Waals surface area contributed by atoms with E-state index in [0.717, 1.165) is 20.2 Å². The number of carbonyl (C=O) groups excluding carboxylic acids is 1. The first-order chi connectivity index (χ1) is 12.6. The van der Waals surface area contributed by atoms with Crippen molar-refractivity contribution in [3.05, 3.63) is 54.1 Å². The Morgan fingerprint density at radius 2 is 1.92 bits per heavy atom. The highest BCUT2D eigenvalue weighted by Crippen LogP contribution is 2.32. The standard InChI is InChI=1S/C18H14F2N2O2S2/c19-11-1-4-14(5-2-11)25-10-17(23)24-13-8-22(9-13)18-21-15-6-3-12(20)7-16(15)26-18/h1-7,13H,8-10H2. The van der Waals surface area contributed by atoms with Gasteiger partial charge < -0.3 is 9.64 Å². The number of thioether (sulfide) groups is 1. The molecule has 4 rings (SSSR count). The number of rotatable bonds is 5. The topological polar surface area (TPSA) is 42.4 Å². The van der Waals surface area contributed by atoms with Crippen molar-refractivity contribution in [1.29, 1.82) is 0 Å². The van der Waals surface area contributed by atoms with Gasteiger partial charge in [-0.1, -0.05) is 11.3 Å². The summed E-state index contributed by atoms with van der Waals surface area (Å²) in [6.45, 7) is 1.16. The van der Waals surface area contributed by atoms with Gasteiger partial charge in [0.15, 0.2) is 5.13 Å². The van der Waals surface area contributed by atoms with Gasteiger partial charge in [-0.15, -0.1) is 11.8 Å². The number of ether oxygens (including phenoxy) is 1. The molecular weight excluding hydrogens is 378 g/mol. The molecular formula is C18H14F2N2O2S2. The van der Waals surface area contributed by atoms with Crippen molar-refractivity contribution < 1.29 is 18.3 Å². The van der Waals surface area contributed by atoms with E-state index < -0.39 is 0 Å². The molecule has 2 aromatic carbocycles. The monoisotopic (exact) mass is 392 g/mol. The van der Waals surface area contributed by atoms with Crippen molar-refractivity contribution in [3.63, 3.8) is 0 Å². The number of thiazole rings is 1. The average Bonchev–Trinajstić information content (AvgIpc) is 2.99. The van der Waals surface area contributed by atoms with Crippen LogP contribution in [-0.2, 0) is 9.53 Å². The largest absolute Gasteiger partial charge is 0.458 e. The molecule has 0 radical (unpaired) electrons. The predicted octanol–water partition coefficient (Wildman–Crippen LogP) is 4.10. The van der Waals surface area contributed by atoms with Crippen molar-refractivity contribution in [2.45, 2.75) is 11.0 Å². The third-order valence-electron chi connectivity index (χ3n) is 3.93. The van der Waals surface area contributed by atoms with Crippen molar-refractivity contribution in [1.82, 2.24) is 4.98 Å². The highest BCUT2D eigenvalue weighted by Gasteiger charge is 2.32. The first kappa shape index (κ1) is 17.2. The molecule has 1 aromatic heterocycles. The maximum atomic E-state index is 13.3. The van der Waals surface area contributed by atoms with Gasteiger partial charge in [-0.05, 0) is 42.5 Å². The van der Waals surface area contributed by atoms with Gasteiger partial charge in [0.25, 0.3) is 0 Å². The molecule has 0 bridgehead atoms. The summed E-state index contributed by atoms with van der Waals surface area (Å²) in [4.78, 5) is 19.2. The Hall–Kier alpha value is -2.19. The molecule has 0 aliphatic carbocycles. The van der Waals surface area contributed by atoms with Gasteiger partial charge in [-0.3, -0.25) is 4.79 Å². The van der Waals surface area contributed by atoms with Crippen LogP contribution in [0.25, 0.3) is 10.2 Å². The molecule has 1 fully saturated rings. The van der Waals surface area contributed by atoms with Crippen LogP contribution in [0.2, 0.25) is 0 Å². The zero-order chi connectivity index (χ0) is 18.1. The quantitative estimate of drug-likeness (QED) is 0.483. The minimum Gasteiger partial charge on any atom is -0.458 e. The van der Waals surface area contributed by atoms with Crippen molar-refractivity contribution in [2.75, 3.05) is 23.7 Å². The number of carbonyl (C=O) groups is 1. The Bertz CT molecular complexity index is 940. The summed E-state index contributed by atoms with van der Waals surface area (Å²) in [5.74, 6) is -0.691. The second kappa shape index (κ2) is 7.20. The van der Waals surface area contributed by atoms with E-state index >= 15 is 0 Å². The third kappa shape index (κ3) is 3.81. The Balaban J connectivity index is 1.26. The zero-order valence-corrected chi connectivity index (χ0v) is 15.2. The summed E-state index contributed by atoms with van der Waals surface area (Å²) in [6, 6.07) is 10.5. The zero-order valence-electron chi connectivity index (χ0n) is 13.5. The summed E-state index contributed by atoms with van der Waals surface area (Å²) in [6.07, 6.45) is -0.167.